The van der Waals surface area contributed by atoms with Gasteiger partial charge < -0.3 is 4.74 Å². The molecule has 5 nitrogen and oxygen atoms in total. The van der Waals surface area contributed by atoms with Gasteiger partial charge in [-0.3, -0.25) is 4.79 Å². The molecule has 8 heteroatoms. The summed E-state index contributed by atoms with van der Waals surface area (Å²) >= 11 is 4.89. The normalized spacial score (nSPS) is 22.0. The first kappa shape index (κ1) is 17.8. The molecular weight excluding hydrogens is 390 g/mol. The molecule has 2 rings (SSSR count). The van der Waals surface area contributed by atoms with Crippen molar-refractivity contribution in [2.75, 3.05) is 23.9 Å². The van der Waals surface area contributed by atoms with Gasteiger partial charge in [0.25, 0.3) is 0 Å². The molecule has 0 aromatic heterocycles. The van der Waals surface area contributed by atoms with E-state index in [1.54, 1.807) is 6.92 Å². The Balaban J connectivity index is 2.34. The first-order valence-corrected chi connectivity index (χ1v) is 10.5. The second-order valence-corrected chi connectivity index (χ2v) is 8.84. The minimum absolute atomic E-state index is 0.0397. The predicted octanol–water partition coefficient (Wildman–Crippen LogP) is 2.26. The van der Waals surface area contributed by atoms with Gasteiger partial charge in [-0.25, -0.2) is 8.42 Å². The van der Waals surface area contributed by atoms with Crippen molar-refractivity contribution in [2.24, 2.45) is 0 Å². The molecule has 1 unspecified atom stereocenters. The van der Waals surface area contributed by atoms with Crippen molar-refractivity contribution < 1.29 is 17.9 Å². The molecule has 122 valence electrons. The van der Waals surface area contributed by atoms with Gasteiger partial charge in [-0.2, -0.15) is 16.1 Å². The smallest absolute Gasteiger partial charge is 0.325 e. The molecule has 1 heterocycles. The minimum Gasteiger partial charge on any atom is -0.465 e. The van der Waals surface area contributed by atoms with Gasteiger partial charge in [0.2, 0.25) is 10.0 Å². The van der Waals surface area contributed by atoms with Crippen molar-refractivity contribution in [2.45, 2.75) is 19.5 Å². The number of thioether (sulfide) groups is 1. The highest BCUT2D eigenvalue weighted by Crippen LogP contribution is 2.26. The van der Waals surface area contributed by atoms with E-state index in [-0.39, 0.29) is 18.9 Å². The molecule has 1 atom stereocenters. The standard InChI is InChI=1S/C14H18BrNO4S2/c1-2-20-14(17)13-10-21-7-8-22(18,19)16(13)9-11-5-3-4-6-12(11)15/h3-6,13H,2,7-10H2,1H3. The Hall–Kier alpha value is -0.570. The first-order valence-electron chi connectivity index (χ1n) is 6.93. The maximum Gasteiger partial charge on any atom is 0.325 e. The number of benzene rings is 1. The molecule has 1 aromatic carbocycles. The molecule has 0 bridgehead atoms. The van der Waals surface area contributed by atoms with Crippen LogP contribution in [0.5, 0.6) is 0 Å². The average Bonchev–Trinajstić information content (AvgIpc) is 2.61. The fourth-order valence-corrected chi connectivity index (χ4v) is 5.82. The highest BCUT2D eigenvalue weighted by Gasteiger charge is 2.38. The number of nitrogens with zero attached hydrogens (tertiary/aromatic N) is 1. The molecule has 1 aliphatic rings. The van der Waals surface area contributed by atoms with Crippen LogP contribution in [0.1, 0.15) is 12.5 Å². The van der Waals surface area contributed by atoms with Crippen LogP contribution in [0.2, 0.25) is 0 Å². The summed E-state index contributed by atoms with van der Waals surface area (Å²) in [6, 6.07) is 6.64. The second-order valence-electron chi connectivity index (χ2n) is 4.80. The van der Waals surface area contributed by atoms with Gasteiger partial charge in [-0.05, 0) is 18.6 Å². The molecule has 0 amide bonds. The summed E-state index contributed by atoms with van der Waals surface area (Å²) in [5, 5.41) is 0. The number of ether oxygens (including phenoxy) is 1. The van der Waals surface area contributed by atoms with Gasteiger partial charge in [0, 0.05) is 22.5 Å². The van der Waals surface area contributed by atoms with Crippen LogP contribution in [0.25, 0.3) is 0 Å². The lowest BCUT2D eigenvalue weighted by atomic mass is 10.2. The lowest BCUT2D eigenvalue weighted by molar-refractivity contribution is -0.147. The van der Waals surface area contributed by atoms with Crippen LogP contribution in [0.15, 0.2) is 28.7 Å². The maximum atomic E-state index is 12.5. The molecule has 0 radical (unpaired) electrons. The third-order valence-electron chi connectivity index (χ3n) is 3.31. The Labute approximate surface area is 143 Å². The summed E-state index contributed by atoms with van der Waals surface area (Å²) in [7, 11) is -3.50. The van der Waals surface area contributed by atoms with E-state index < -0.39 is 22.0 Å². The van der Waals surface area contributed by atoms with E-state index in [9.17, 15) is 13.2 Å². The van der Waals surface area contributed by atoms with Crippen molar-refractivity contribution in [1.29, 1.82) is 0 Å². The summed E-state index contributed by atoms with van der Waals surface area (Å²) in [6.45, 7) is 2.12. The molecule has 1 aromatic rings. The Morgan fingerprint density at radius 1 is 1.45 bits per heavy atom. The van der Waals surface area contributed by atoms with Crippen LogP contribution in [-0.4, -0.2) is 48.6 Å². The average molecular weight is 408 g/mol. The number of hydrogen-bond donors (Lipinski definition) is 0. The van der Waals surface area contributed by atoms with Crippen LogP contribution < -0.4 is 0 Å². The number of esters is 1. The Kier molecular flexibility index (Phi) is 6.31. The lowest BCUT2D eigenvalue weighted by Gasteiger charge is -2.27. The van der Waals surface area contributed by atoms with Crippen LogP contribution in [0, 0.1) is 0 Å². The van der Waals surface area contributed by atoms with Crippen molar-refractivity contribution in [3.8, 4) is 0 Å². The summed E-state index contributed by atoms with van der Waals surface area (Å²) in [5.74, 6) is 0.471. The zero-order valence-corrected chi connectivity index (χ0v) is 15.4. The zero-order valence-electron chi connectivity index (χ0n) is 12.2. The number of carbonyl (C=O) groups excluding carboxylic acids is 1. The number of carbonyl (C=O) groups is 1. The van der Waals surface area contributed by atoms with E-state index in [0.717, 1.165) is 10.0 Å². The molecule has 1 aliphatic heterocycles. The summed E-state index contributed by atoms with van der Waals surface area (Å²) < 4.78 is 32.2. The summed E-state index contributed by atoms with van der Waals surface area (Å²) in [5.41, 5.74) is 0.826. The topological polar surface area (TPSA) is 63.7 Å². The van der Waals surface area contributed by atoms with Gasteiger partial charge in [-0.1, -0.05) is 34.1 Å². The SMILES string of the molecule is CCOC(=O)C1CSCCS(=O)(=O)N1Cc1ccccc1Br. The summed E-state index contributed by atoms with van der Waals surface area (Å²) in [4.78, 5) is 12.2. The molecule has 1 fully saturated rings. The van der Waals surface area contributed by atoms with E-state index in [4.69, 9.17) is 4.74 Å². The highest BCUT2D eigenvalue weighted by molar-refractivity contribution is 9.10. The monoisotopic (exact) mass is 407 g/mol. The largest absolute Gasteiger partial charge is 0.465 e. The number of hydrogen-bond acceptors (Lipinski definition) is 5. The third-order valence-corrected chi connectivity index (χ3v) is 7.20. The van der Waals surface area contributed by atoms with E-state index in [0.29, 0.717) is 11.5 Å². The molecular formula is C14H18BrNO4S2. The van der Waals surface area contributed by atoms with Crippen molar-refractivity contribution in [3.05, 3.63) is 34.3 Å². The van der Waals surface area contributed by atoms with Crippen molar-refractivity contribution in [1.82, 2.24) is 4.31 Å². The van der Waals surface area contributed by atoms with Crippen molar-refractivity contribution >= 4 is 43.7 Å². The summed E-state index contributed by atoms with van der Waals surface area (Å²) in [6.07, 6.45) is 0. The second kappa shape index (κ2) is 7.81. The molecule has 0 N–H and O–H groups in total. The van der Waals surface area contributed by atoms with Crippen LogP contribution in [0.3, 0.4) is 0 Å². The number of sulfonamides is 1. The minimum atomic E-state index is -3.50. The Morgan fingerprint density at radius 2 is 2.18 bits per heavy atom. The zero-order chi connectivity index (χ0) is 16.2. The molecule has 0 saturated carbocycles. The Morgan fingerprint density at radius 3 is 2.86 bits per heavy atom. The van der Waals surface area contributed by atoms with Gasteiger partial charge in [-0.15, -0.1) is 0 Å². The fraction of sp³-hybridized carbons (Fsp3) is 0.500. The molecule has 1 saturated heterocycles. The highest BCUT2D eigenvalue weighted by atomic mass is 79.9. The quantitative estimate of drug-likeness (QED) is 0.716. The molecule has 0 spiro atoms. The van der Waals surface area contributed by atoms with Crippen LogP contribution in [-0.2, 0) is 26.1 Å². The molecule has 0 aliphatic carbocycles. The lowest BCUT2D eigenvalue weighted by Crippen LogP contribution is -2.46. The van der Waals surface area contributed by atoms with E-state index in [1.165, 1.54) is 16.1 Å². The predicted molar refractivity (Wildman–Crippen MR) is 91.2 cm³/mol. The van der Waals surface area contributed by atoms with E-state index >= 15 is 0 Å². The van der Waals surface area contributed by atoms with E-state index in [2.05, 4.69) is 15.9 Å². The number of rotatable bonds is 4. The molecule has 22 heavy (non-hydrogen) atoms. The van der Waals surface area contributed by atoms with E-state index in [1.807, 2.05) is 24.3 Å². The third kappa shape index (κ3) is 4.24. The Bertz CT molecular complexity index is 635. The van der Waals surface area contributed by atoms with Crippen molar-refractivity contribution in [3.63, 3.8) is 0 Å². The van der Waals surface area contributed by atoms with Gasteiger partial charge in [0.15, 0.2) is 0 Å². The van der Waals surface area contributed by atoms with Gasteiger partial charge >= 0.3 is 5.97 Å². The van der Waals surface area contributed by atoms with Crippen LogP contribution in [0.4, 0.5) is 0 Å². The van der Waals surface area contributed by atoms with Gasteiger partial charge in [0.05, 0.1) is 12.4 Å². The maximum absolute atomic E-state index is 12.5. The van der Waals surface area contributed by atoms with Crippen LogP contribution >= 0.6 is 27.7 Å². The first-order chi connectivity index (χ1) is 10.5. The number of halogens is 1. The van der Waals surface area contributed by atoms with Gasteiger partial charge in [0.1, 0.15) is 6.04 Å². The fourth-order valence-electron chi connectivity index (χ4n) is 2.18.